The van der Waals surface area contributed by atoms with E-state index >= 15 is 0 Å². The predicted octanol–water partition coefficient (Wildman–Crippen LogP) is 2.04. The van der Waals surface area contributed by atoms with Gasteiger partial charge in [-0.05, 0) is 51.1 Å². The number of aromatic nitrogens is 1. The van der Waals surface area contributed by atoms with Gasteiger partial charge in [-0.1, -0.05) is 6.92 Å². The van der Waals surface area contributed by atoms with Crippen molar-refractivity contribution in [1.29, 1.82) is 0 Å². The first-order valence-corrected chi connectivity index (χ1v) is 10.0. The van der Waals surface area contributed by atoms with Crippen LogP contribution in [0.5, 0.6) is 0 Å². The van der Waals surface area contributed by atoms with Gasteiger partial charge in [0.15, 0.2) is 9.84 Å². The second-order valence-corrected chi connectivity index (χ2v) is 8.80. The van der Waals surface area contributed by atoms with Gasteiger partial charge in [0.25, 0.3) is 0 Å². The Morgan fingerprint density at radius 1 is 1.55 bits per heavy atom. The highest BCUT2D eigenvalue weighted by Crippen LogP contribution is 2.29. The van der Waals surface area contributed by atoms with Crippen LogP contribution in [0.1, 0.15) is 30.3 Å². The zero-order valence-corrected chi connectivity index (χ0v) is 13.9. The number of thiazole rings is 1. The molecule has 0 saturated carbocycles. The first kappa shape index (κ1) is 15.9. The van der Waals surface area contributed by atoms with Crippen LogP contribution in [-0.2, 0) is 16.3 Å². The van der Waals surface area contributed by atoms with E-state index in [1.54, 1.807) is 11.3 Å². The van der Waals surface area contributed by atoms with E-state index in [2.05, 4.69) is 17.2 Å². The molecule has 6 heteroatoms. The number of aryl methyl sites for hydroxylation is 2. The van der Waals surface area contributed by atoms with Crippen LogP contribution in [0.15, 0.2) is 5.51 Å². The summed E-state index contributed by atoms with van der Waals surface area (Å²) in [6.07, 6.45) is 2.90. The summed E-state index contributed by atoms with van der Waals surface area (Å²) in [6.45, 7) is 6.01. The minimum absolute atomic E-state index is 0.326. The van der Waals surface area contributed by atoms with Crippen molar-refractivity contribution in [2.24, 2.45) is 11.8 Å². The fourth-order valence-electron chi connectivity index (χ4n) is 2.91. The van der Waals surface area contributed by atoms with Crippen LogP contribution in [0.25, 0.3) is 0 Å². The van der Waals surface area contributed by atoms with Gasteiger partial charge in [0.05, 0.1) is 22.7 Å². The quantitative estimate of drug-likeness (QED) is 0.836. The molecule has 1 N–H and O–H groups in total. The number of hydrogen-bond donors (Lipinski definition) is 1. The maximum Gasteiger partial charge on any atom is 0.150 e. The third-order valence-corrected chi connectivity index (χ3v) is 6.97. The zero-order chi connectivity index (χ0) is 14.6. The normalized spacial score (nSPS) is 23.0. The number of hydrogen-bond acceptors (Lipinski definition) is 5. The lowest BCUT2D eigenvalue weighted by molar-refractivity contribution is 0.328. The standard InChI is InChI=1S/C14H24N2O2S2/c1-3-15-8-12(13-6-7-20(17,18)9-13)4-5-14-11(2)16-10-19-14/h10,12-13,15H,3-9H2,1-2H3. The van der Waals surface area contributed by atoms with E-state index in [1.165, 1.54) is 4.88 Å². The van der Waals surface area contributed by atoms with Gasteiger partial charge in [-0.25, -0.2) is 13.4 Å². The fourth-order valence-corrected chi connectivity index (χ4v) is 5.63. The molecule has 0 amide bonds. The first-order chi connectivity index (χ1) is 9.52. The topological polar surface area (TPSA) is 59.1 Å². The van der Waals surface area contributed by atoms with E-state index in [9.17, 15) is 8.42 Å². The van der Waals surface area contributed by atoms with Gasteiger partial charge in [0.1, 0.15) is 0 Å². The molecule has 1 aliphatic heterocycles. The van der Waals surface area contributed by atoms with E-state index in [0.717, 1.165) is 38.0 Å². The molecule has 4 nitrogen and oxygen atoms in total. The third-order valence-electron chi connectivity index (χ3n) is 4.18. The number of sulfone groups is 1. The van der Waals surface area contributed by atoms with Gasteiger partial charge in [0.2, 0.25) is 0 Å². The molecule has 2 heterocycles. The van der Waals surface area contributed by atoms with Gasteiger partial charge >= 0.3 is 0 Å². The van der Waals surface area contributed by atoms with Crippen molar-refractivity contribution in [3.05, 3.63) is 16.1 Å². The number of nitrogens with zero attached hydrogens (tertiary/aromatic N) is 1. The van der Waals surface area contributed by atoms with Gasteiger partial charge in [-0.15, -0.1) is 11.3 Å². The van der Waals surface area contributed by atoms with Gasteiger partial charge in [-0.2, -0.15) is 0 Å². The molecule has 2 atom stereocenters. The van der Waals surface area contributed by atoms with Crippen LogP contribution in [0.3, 0.4) is 0 Å². The van der Waals surface area contributed by atoms with E-state index in [1.807, 2.05) is 12.4 Å². The first-order valence-electron chi connectivity index (χ1n) is 7.32. The highest BCUT2D eigenvalue weighted by atomic mass is 32.2. The average Bonchev–Trinajstić information content (AvgIpc) is 2.96. The Balaban J connectivity index is 1.95. The van der Waals surface area contributed by atoms with Crippen molar-refractivity contribution < 1.29 is 8.42 Å². The highest BCUT2D eigenvalue weighted by molar-refractivity contribution is 7.91. The molecule has 114 valence electrons. The van der Waals surface area contributed by atoms with E-state index in [0.29, 0.717) is 23.3 Å². The maximum absolute atomic E-state index is 11.7. The second-order valence-electron chi connectivity index (χ2n) is 5.63. The molecule has 1 aromatic rings. The van der Waals surface area contributed by atoms with E-state index < -0.39 is 9.84 Å². The van der Waals surface area contributed by atoms with E-state index in [-0.39, 0.29) is 0 Å². The lowest BCUT2D eigenvalue weighted by Gasteiger charge is -2.22. The Morgan fingerprint density at radius 2 is 2.35 bits per heavy atom. The predicted molar refractivity (Wildman–Crippen MR) is 84.0 cm³/mol. The molecule has 0 spiro atoms. The summed E-state index contributed by atoms with van der Waals surface area (Å²) in [6, 6.07) is 0. The summed E-state index contributed by atoms with van der Waals surface area (Å²) in [4.78, 5) is 5.62. The SMILES string of the molecule is CCNCC(CCc1scnc1C)C1CCS(=O)(=O)C1. The van der Waals surface area contributed by atoms with Crippen LogP contribution in [0, 0.1) is 18.8 Å². The highest BCUT2D eigenvalue weighted by Gasteiger charge is 2.33. The van der Waals surface area contributed by atoms with Crippen LogP contribution >= 0.6 is 11.3 Å². The molecule has 1 aliphatic rings. The van der Waals surface area contributed by atoms with Crippen molar-refractivity contribution in [2.75, 3.05) is 24.6 Å². The van der Waals surface area contributed by atoms with Gasteiger partial charge < -0.3 is 5.32 Å². The largest absolute Gasteiger partial charge is 0.317 e. The summed E-state index contributed by atoms with van der Waals surface area (Å²) < 4.78 is 23.4. The molecule has 2 rings (SSSR count). The van der Waals surface area contributed by atoms with Gasteiger partial charge in [0, 0.05) is 4.88 Å². The molecule has 0 bridgehead atoms. The zero-order valence-electron chi connectivity index (χ0n) is 12.3. The Bertz CT molecular complexity index is 525. The molecule has 0 radical (unpaired) electrons. The Morgan fingerprint density at radius 3 is 2.90 bits per heavy atom. The number of rotatable bonds is 7. The molecule has 2 unspecified atom stereocenters. The summed E-state index contributed by atoms with van der Waals surface area (Å²) >= 11 is 1.71. The smallest absolute Gasteiger partial charge is 0.150 e. The summed E-state index contributed by atoms with van der Waals surface area (Å²) in [7, 11) is -2.78. The van der Waals surface area contributed by atoms with Gasteiger partial charge in [-0.3, -0.25) is 0 Å². The molecule has 1 fully saturated rings. The molecule has 1 aromatic heterocycles. The average molecular weight is 316 g/mol. The fraction of sp³-hybridized carbons (Fsp3) is 0.786. The molecular formula is C14H24N2O2S2. The van der Waals surface area contributed by atoms with Crippen molar-refractivity contribution in [2.45, 2.75) is 33.1 Å². The molecule has 1 saturated heterocycles. The van der Waals surface area contributed by atoms with Crippen molar-refractivity contribution >= 4 is 21.2 Å². The Hall–Kier alpha value is -0.460. The van der Waals surface area contributed by atoms with E-state index in [4.69, 9.17) is 0 Å². The van der Waals surface area contributed by atoms with Crippen LogP contribution in [-0.4, -0.2) is 38.0 Å². The maximum atomic E-state index is 11.7. The Labute approximate surface area is 125 Å². The minimum atomic E-state index is -2.78. The molecular weight excluding hydrogens is 292 g/mol. The molecule has 0 aliphatic carbocycles. The van der Waals surface area contributed by atoms with Crippen molar-refractivity contribution in [3.63, 3.8) is 0 Å². The number of nitrogens with one attached hydrogen (secondary N) is 1. The minimum Gasteiger partial charge on any atom is -0.317 e. The summed E-state index contributed by atoms with van der Waals surface area (Å²) in [5, 5.41) is 3.39. The summed E-state index contributed by atoms with van der Waals surface area (Å²) in [5.74, 6) is 1.53. The Kier molecular flexibility index (Phi) is 5.57. The molecule has 0 aromatic carbocycles. The molecule has 20 heavy (non-hydrogen) atoms. The van der Waals surface area contributed by atoms with Crippen LogP contribution in [0.4, 0.5) is 0 Å². The lowest BCUT2D eigenvalue weighted by Crippen LogP contribution is -2.29. The van der Waals surface area contributed by atoms with Crippen LogP contribution < -0.4 is 5.32 Å². The van der Waals surface area contributed by atoms with Crippen molar-refractivity contribution in [1.82, 2.24) is 10.3 Å². The second kappa shape index (κ2) is 7.00. The lowest BCUT2D eigenvalue weighted by atomic mass is 9.87. The van der Waals surface area contributed by atoms with Crippen molar-refractivity contribution in [3.8, 4) is 0 Å². The monoisotopic (exact) mass is 316 g/mol. The summed E-state index contributed by atoms with van der Waals surface area (Å²) in [5.41, 5.74) is 3.01. The third kappa shape index (κ3) is 4.27. The van der Waals surface area contributed by atoms with Crippen LogP contribution in [0.2, 0.25) is 0 Å².